The number of carbonyl (C=O) groups is 1. The molecule has 0 radical (unpaired) electrons. The summed E-state index contributed by atoms with van der Waals surface area (Å²) in [5, 5.41) is 22.5. The van der Waals surface area contributed by atoms with E-state index in [4.69, 9.17) is 5.73 Å². The van der Waals surface area contributed by atoms with Crippen LogP contribution in [0.2, 0.25) is 0 Å². The molecule has 0 saturated carbocycles. The van der Waals surface area contributed by atoms with Crippen LogP contribution in [0, 0.1) is 29.6 Å². The molecule has 0 atom stereocenters. The van der Waals surface area contributed by atoms with Crippen molar-refractivity contribution < 1.29 is 4.79 Å². The number of nitrogen functional groups attached to an aromatic ring is 1. The van der Waals surface area contributed by atoms with Crippen molar-refractivity contribution in [2.75, 3.05) is 16.8 Å². The Kier molecular flexibility index (Phi) is 7.64. The third-order valence-corrected chi connectivity index (χ3v) is 5.58. The van der Waals surface area contributed by atoms with Crippen LogP contribution in [0.15, 0.2) is 23.2 Å². The van der Waals surface area contributed by atoms with Crippen molar-refractivity contribution in [2.24, 2.45) is 0 Å². The van der Waals surface area contributed by atoms with Gasteiger partial charge >= 0.3 is 0 Å². The highest BCUT2D eigenvalue weighted by molar-refractivity contribution is 7.99. The Morgan fingerprint density at radius 2 is 1.97 bits per heavy atom. The second-order valence-electron chi connectivity index (χ2n) is 6.95. The Balaban J connectivity index is 2.14. The first kappa shape index (κ1) is 22.3. The van der Waals surface area contributed by atoms with Gasteiger partial charge in [0.25, 0.3) is 0 Å². The quantitative estimate of drug-likeness (QED) is 0.652. The summed E-state index contributed by atoms with van der Waals surface area (Å²) < 4.78 is 0. The van der Waals surface area contributed by atoms with Gasteiger partial charge in [-0.1, -0.05) is 39.0 Å². The number of nitriles is 2. The van der Waals surface area contributed by atoms with Crippen molar-refractivity contribution >= 4 is 29.2 Å². The normalized spacial score (nSPS) is 10.4. The minimum atomic E-state index is -0.0919. The van der Waals surface area contributed by atoms with Crippen LogP contribution in [0.1, 0.15) is 60.9 Å². The largest absolute Gasteiger partial charge is 0.383 e. The molecule has 0 aliphatic carbocycles. The average Bonchev–Trinajstić information content (AvgIpc) is 2.68. The van der Waals surface area contributed by atoms with Gasteiger partial charge in [0.2, 0.25) is 5.91 Å². The van der Waals surface area contributed by atoms with E-state index < -0.39 is 0 Å². The smallest absolute Gasteiger partial charge is 0.225 e. The van der Waals surface area contributed by atoms with Crippen LogP contribution in [-0.4, -0.2) is 16.6 Å². The van der Waals surface area contributed by atoms with Gasteiger partial charge in [-0.25, -0.2) is 4.98 Å². The standard InChI is InChI=1S/C22H25N5OS/c1-5-15-8-6-7-14(4)20(15)26-18(28)9-10-29-22-17(12-24)19(13(2)3)16(11-23)21(25)27-22/h6-8,13H,5,9-10H2,1-4H3,(H2,25,27)(H,26,28). The number of aryl methyl sites for hydroxylation is 2. The number of nitrogens with zero attached hydrogens (tertiary/aromatic N) is 3. The van der Waals surface area contributed by atoms with E-state index in [2.05, 4.69) is 29.4 Å². The fourth-order valence-corrected chi connectivity index (χ4v) is 4.09. The molecule has 0 bridgehead atoms. The van der Waals surface area contributed by atoms with Crippen LogP contribution in [0.3, 0.4) is 0 Å². The SMILES string of the molecule is CCc1cccc(C)c1NC(=O)CCSc1nc(N)c(C#N)c(C(C)C)c1C#N. The first-order valence-corrected chi connectivity index (χ1v) is 10.5. The number of para-hydroxylation sites is 1. The fraction of sp³-hybridized carbons (Fsp3) is 0.364. The highest BCUT2D eigenvalue weighted by Crippen LogP contribution is 2.33. The van der Waals surface area contributed by atoms with Crippen LogP contribution in [0.5, 0.6) is 0 Å². The highest BCUT2D eigenvalue weighted by Gasteiger charge is 2.21. The molecule has 1 aromatic carbocycles. The van der Waals surface area contributed by atoms with Gasteiger partial charge in [-0.05, 0) is 36.0 Å². The van der Waals surface area contributed by atoms with Crippen LogP contribution >= 0.6 is 11.8 Å². The molecule has 150 valence electrons. The number of thioether (sulfide) groups is 1. The second-order valence-corrected chi connectivity index (χ2v) is 8.04. The summed E-state index contributed by atoms with van der Waals surface area (Å²) in [6.07, 6.45) is 1.11. The third-order valence-electron chi connectivity index (χ3n) is 4.60. The number of amides is 1. The molecule has 0 aliphatic rings. The van der Waals surface area contributed by atoms with Gasteiger partial charge in [-0.15, -0.1) is 11.8 Å². The van der Waals surface area contributed by atoms with Crippen LogP contribution in [0.25, 0.3) is 0 Å². The number of nitrogens with two attached hydrogens (primary N) is 1. The summed E-state index contributed by atoms with van der Waals surface area (Å²) >= 11 is 1.31. The molecule has 2 aromatic rings. The lowest BCUT2D eigenvalue weighted by atomic mass is 9.94. The first-order valence-electron chi connectivity index (χ1n) is 9.48. The Morgan fingerprint density at radius 3 is 2.55 bits per heavy atom. The van der Waals surface area contributed by atoms with E-state index in [1.807, 2.05) is 39.0 Å². The number of carbonyl (C=O) groups excluding carboxylic acids is 1. The summed E-state index contributed by atoms with van der Waals surface area (Å²) in [7, 11) is 0. The molecule has 29 heavy (non-hydrogen) atoms. The molecular formula is C22H25N5OS. The van der Waals surface area contributed by atoms with Crippen molar-refractivity contribution in [3.63, 3.8) is 0 Å². The van der Waals surface area contributed by atoms with Gasteiger partial charge in [-0.3, -0.25) is 4.79 Å². The van der Waals surface area contributed by atoms with Gasteiger partial charge in [0, 0.05) is 17.9 Å². The predicted octanol–water partition coefficient (Wildman–Crippen LogP) is 4.52. The van der Waals surface area contributed by atoms with Crippen molar-refractivity contribution in [1.82, 2.24) is 4.98 Å². The van der Waals surface area contributed by atoms with E-state index >= 15 is 0 Å². The Labute approximate surface area is 176 Å². The van der Waals surface area contributed by atoms with Crippen LogP contribution in [0.4, 0.5) is 11.5 Å². The van der Waals surface area contributed by atoms with E-state index in [0.29, 0.717) is 21.9 Å². The van der Waals surface area contributed by atoms with Crippen molar-refractivity contribution in [2.45, 2.75) is 51.5 Å². The number of hydrogen-bond donors (Lipinski definition) is 2. The highest BCUT2D eigenvalue weighted by atomic mass is 32.2. The molecule has 3 N–H and O–H groups in total. The maximum absolute atomic E-state index is 12.4. The average molecular weight is 408 g/mol. The fourth-order valence-electron chi connectivity index (χ4n) is 3.15. The van der Waals surface area contributed by atoms with Gasteiger partial charge in [-0.2, -0.15) is 10.5 Å². The Hall–Kier alpha value is -3.03. The van der Waals surface area contributed by atoms with E-state index in [0.717, 1.165) is 23.2 Å². The lowest BCUT2D eigenvalue weighted by Crippen LogP contribution is -2.15. The van der Waals surface area contributed by atoms with E-state index in [-0.39, 0.29) is 29.6 Å². The van der Waals surface area contributed by atoms with Gasteiger partial charge < -0.3 is 11.1 Å². The Bertz CT molecular complexity index is 1000. The molecule has 7 heteroatoms. The molecule has 0 saturated heterocycles. The monoisotopic (exact) mass is 407 g/mol. The maximum atomic E-state index is 12.4. The molecule has 0 fully saturated rings. The third kappa shape index (κ3) is 5.07. The molecule has 0 unspecified atom stereocenters. The summed E-state index contributed by atoms with van der Waals surface area (Å²) in [6, 6.07) is 10.2. The lowest BCUT2D eigenvalue weighted by Gasteiger charge is -2.15. The molecule has 6 nitrogen and oxygen atoms in total. The number of nitrogens with one attached hydrogen (secondary N) is 1. The maximum Gasteiger partial charge on any atom is 0.225 e. The number of hydrogen-bond acceptors (Lipinski definition) is 6. The van der Waals surface area contributed by atoms with E-state index in [1.165, 1.54) is 11.8 Å². The zero-order valence-corrected chi connectivity index (χ0v) is 18.0. The van der Waals surface area contributed by atoms with Crippen LogP contribution < -0.4 is 11.1 Å². The van der Waals surface area contributed by atoms with Crippen LogP contribution in [-0.2, 0) is 11.2 Å². The number of rotatable bonds is 7. The molecule has 1 heterocycles. The van der Waals surface area contributed by atoms with Crippen molar-refractivity contribution in [3.05, 3.63) is 46.0 Å². The van der Waals surface area contributed by atoms with Gasteiger partial charge in [0.1, 0.15) is 23.0 Å². The number of anilines is 2. The molecule has 0 spiro atoms. The second kappa shape index (κ2) is 9.95. The summed E-state index contributed by atoms with van der Waals surface area (Å²) in [4.78, 5) is 16.7. The van der Waals surface area contributed by atoms with E-state index in [9.17, 15) is 15.3 Å². The molecule has 1 aromatic heterocycles. The molecule has 2 rings (SSSR count). The first-order chi connectivity index (χ1) is 13.8. The zero-order valence-electron chi connectivity index (χ0n) is 17.2. The Morgan fingerprint density at radius 1 is 1.28 bits per heavy atom. The minimum absolute atomic E-state index is 0.0410. The number of aromatic nitrogens is 1. The minimum Gasteiger partial charge on any atom is -0.383 e. The number of pyridine rings is 1. The topological polar surface area (TPSA) is 116 Å². The molecular weight excluding hydrogens is 382 g/mol. The van der Waals surface area contributed by atoms with Crippen molar-refractivity contribution in [3.8, 4) is 12.1 Å². The lowest BCUT2D eigenvalue weighted by molar-refractivity contribution is -0.115. The zero-order chi connectivity index (χ0) is 21.6. The number of benzene rings is 1. The molecule has 0 aliphatic heterocycles. The van der Waals surface area contributed by atoms with Crippen molar-refractivity contribution in [1.29, 1.82) is 10.5 Å². The summed E-state index contributed by atoms with van der Waals surface area (Å²) in [6.45, 7) is 7.84. The van der Waals surface area contributed by atoms with Gasteiger partial charge in [0.05, 0.1) is 11.1 Å². The van der Waals surface area contributed by atoms with Gasteiger partial charge in [0.15, 0.2) is 0 Å². The van der Waals surface area contributed by atoms with E-state index in [1.54, 1.807) is 0 Å². The molecule has 1 amide bonds. The predicted molar refractivity (Wildman–Crippen MR) is 117 cm³/mol. The summed E-state index contributed by atoms with van der Waals surface area (Å²) in [5.41, 5.74) is 10.2. The summed E-state index contributed by atoms with van der Waals surface area (Å²) in [5.74, 6) is 0.435.